The Bertz CT molecular complexity index is 768. The Morgan fingerprint density at radius 3 is 2.55 bits per heavy atom. The van der Waals surface area contributed by atoms with E-state index >= 15 is 0 Å². The summed E-state index contributed by atoms with van der Waals surface area (Å²) in [6.07, 6.45) is 8.59. The molecule has 114 valence electrons. The summed E-state index contributed by atoms with van der Waals surface area (Å²) in [5.74, 6) is 2.64. The summed E-state index contributed by atoms with van der Waals surface area (Å²) >= 11 is 0. The average Bonchev–Trinajstić information content (AvgIpc) is 3.26. The van der Waals surface area contributed by atoms with Gasteiger partial charge < -0.3 is 15.1 Å². The molecule has 0 amide bonds. The zero-order valence-electron chi connectivity index (χ0n) is 12.2. The summed E-state index contributed by atoms with van der Waals surface area (Å²) in [7, 11) is 0. The van der Waals surface area contributed by atoms with Gasteiger partial charge in [-0.05, 0) is 42.7 Å². The molecule has 3 atom stereocenters. The van der Waals surface area contributed by atoms with Crippen molar-refractivity contribution >= 4 is 11.4 Å². The monoisotopic (exact) mass is 298 g/mol. The molecule has 0 spiro atoms. The number of nitrogens with one attached hydrogen (secondary N) is 2. The predicted octanol–water partition coefficient (Wildman–Crippen LogP) is 2.11. The molecule has 22 heavy (non-hydrogen) atoms. The lowest BCUT2D eigenvalue weighted by atomic mass is 9.93. The lowest BCUT2D eigenvalue weighted by molar-refractivity contribution is 0.471. The Balaban J connectivity index is 1.39. The van der Waals surface area contributed by atoms with E-state index in [1.54, 1.807) is 12.3 Å². The third-order valence-electron chi connectivity index (χ3n) is 4.89. The van der Waals surface area contributed by atoms with Gasteiger partial charge in [-0.2, -0.15) is 0 Å². The summed E-state index contributed by atoms with van der Waals surface area (Å²) in [6.45, 7) is 1.16. The Hall–Kier alpha value is -2.30. The lowest BCUT2D eigenvalue weighted by Gasteiger charge is -2.21. The molecule has 4 rings (SSSR count). The van der Waals surface area contributed by atoms with Crippen molar-refractivity contribution in [2.75, 3.05) is 17.2 Å². The van der Waals surface area contributed by atoms with Crippen LogP contribution in [-0.2, 0) is 6.54 Å². The first-order valence-corrected chi connectivity index (χ1v) is 7.74. The fourth-order valence-corrected chi connectivity index (χ4v) is 3.68. The van der Waals surface area contributed by atoms with Crippen LogP contribution in [0.5, 0.6) is 0 Å². The maximum atomic E-state index is 11.8. The third-order valence-corrected chi connectivity index (χ3v) is 4.89. The Morgan fingerprint density at radius 2 is 1.91 bits per heavy atom. The Kier molecular flexibility index (Phi) is 3.13. The van der Waals surface area contributed by atoms with E-state index in [9.17, 15) is 9.59 Å². The van der Waals surface area contributed by atoms with Crippen molar-refractivity contribution in [3.63, 3.8) is 0 Å². The number of fused-ring (bicyclic) bond motifs is 2. The van der Waals surface area contributed by atoms with Crippen LogP contribution in [0, 0.1) is 17.8 Å². The summed E-state index contributed by atoms with van der Waals surface area (Å²) in [6, 6.07) is 3.62. The van der Waals surface area contributed by atoms with Crippen LogP contribution in [0.2, 0.25) is 0 Å². The largest absolute Gasteiger partial charge is 0.467 e. The molecule has 0 radical (unpaired) electrons. The summed E-state index contributed by atoms with van der Waals surface area (Å²) in [4.78, 5) is 23.5. The summed E-state index contributed by atoms with van der Waals surface area (Å²) in [5.41, 5.74) is -0.0362. The van der Waals surface area contributed by atoms with Gasteiger partial charge in [0.25, 0.3) is 10.9 Å². The van der Waals surface area contributed by atoms with Crippen molar-refractivity contribution in [1.29, 1.82) is 0 Å². The fraction of sp³-hybridized carbons (Fsp3) is 0.412. The molecule has 5 heteroatoms. The van der Waals surface area contributed by atoms with Crippen LogP contribution in [0.15, 0.2) is 44.6 Å². The maximum Gasteiger partial charge on any atom is 0.253 e. The van der Waals surface area contributed by atoms with E-state index in [-0.39, 0.29) is 0 Å². The van der Waals surface area contributed by atoms with E-state index in [4.69, 9.17) is 4.42 Å². The minimum absolute atomic E-state index is 0.389. The highest BCUT2D eigenvalue weighted by atomic mass is 16.3. The van der Waals surface area contributed by atoms with Crippen molar-refractivity contribution in [1.82, 2.24) is 0 Å². The molecule has 2 N–H and O–H groups in total. The van der Waals surface area contributed by atoms with Crippen LogP contribution in [-0.4, -0.2) is 6.54 Å². The highest BCUT2D eigenvalue weighted by Gasteiger charge is 2.35. The number of anilines is 2. The molecule has 5 nitrogen and oxygen atoms in total. The third kappa shape index (κ3) is 2.17. The second-order valence-electron chi connectivity index (χ2n) is 6.26. The SMILES string of the molecule is O=c1c(NCc2ccco2)c(NC[C@@H]2C[C@@H]3C=C[C@H]2C3)c1=O. The quantitative estimate of drug-likeness (QED) is 0.631. The van der Waals surface area contributed by atoms with Gasteiger partial charge in [0, 0.05) is 6.54 Å². The van der Waals surface area contributed by atoms with E-state index in [2.05, 4.69) is 22.8 Å². The second-order valence-corrected chi connectivity index (χ2v) is 6.26. The van der Waals surface area contributed by atoms with Crippen molar-refractivity contribution in [3.05, 3.63) is 56.8 Å². The number of hydrogen-bond donors (Lipinski definition) is 2. The molecule has 0 aliphatic heterocycles. The highest BCUT2D eigenvalue weighted by molar-refractivity contribution is 5.73. The molecule has 1 fully saturated rings. The van der Waals surface area contributed by atoms with Gasteiger partial charge in [0.15, 0.2) is 0 Å². The number of rotatable bonds is 6. The molecule has 1 aromatic carbocycles. The van der Waals surface area contributed by atoms with Crippen LogP contribution in [0.1, 0.15) is 18.6 Å². The smallest absolute Gasteiger partial charge is 0.253 e. The van der Waals surface area contributed by atoms with E-state index in [1.807, 2.05) is 6.07 Å². The van der Waals surface area contributed by atoms with Gasteiger partial charge in [-0.3, -0.25) is 9.59 Å². The lowest BCUT2D eigenvalue weighted by Crippen LogP contribution is -2.38. The molecule has 1 saturated carbocycles. The normalized spacial score (nSPS) is 25.9. The van der Waals surface area contributed by atoms with E-state index in [0.717, 1.165) is 12.3 Å². The maximum absolute atomic E-state index is 11.8. The number of furan rings is 1. The van der Waals surface area contributed by atoms with Crippen molar-refractivity contribution in [2.45, 2.75) is 19.4 Å². The number of hydrogen-bond acceptors (Lipinski definition) is 5. The molecule has 1 heterocycles. The van der Waals surface area contributed by atoms with Gasteiger partial charge in [-0.15, -0.1) is 0 Å². The van der Waals surface area contributed by atoms with Gasteiger partial charge in [0.2, 0.25) is 0 Å². The summed E-state index contributed by atoms with van der Waals surface area (Å²) in [5, 5.41) is 6.19. The molecular weight excluding hydrogens is 280 g/mol. The average molecular weight is 298 g/mol. The van der Waals surface area contributed by atoms with Crippen LogP contribution >= 0.6 is 0 Å². The molecular formula is C17H18N2O3. The van der Waals surface area contributed by atoms with E-state index < -0.39 is 10.9 Å². The zero-order chi connectivity index (χ0) is 15.1. The molecule has 2 aromatic rings. The van der Waals surface area contributed by atoms with Crippen LogP contribution in [0.3, 0.4) is 0 Å². The first-order chi connectivity index (χ1) is 10.7. The van der Waals surface area contributed by atoms with Gasteiger partial charge >= 0.3 is 0 Å². The van der Waals surface area contributed by atoms with Crippen molar-refractivity contribution < 1.29 is 4.42 Å². The minimum atomic E-state index is -0.443. The molecule has 2 aliphatic rings. The van der Waals surface area contributed by atoms with Gasteiger partial charge in [0.1, 0.15) is 17.1 Å². The fourth-order valence-electron chi connectivity index (χ4n) is 3.68. The van der Waals surface area contributed by atoms with Crippen LogP contribution in [0.25, 0.3) is 0 Å². The number of allylic oxidation sites excluding steroid dienone is 2. The summed E-state index contributed by atoms with van der Waals surface area (Å²) < 4.78 is 5.22. The Labute approximate surface area is 127 Å². The van der Waals surface area contributed by atoms with Crippen LogP contribution in [0.4, 0.5) is 11.4 Å². The molecule has 0 unspecified atom stereocenters. The zero-order valence-corrected chi connectivity index (χ0v) is 12.2. The first kappa shape index (κ1) is 13.4. The second kappa shape index (κ2) is 5.16. The molecule has 0 saturated heterocycles. The Morgan fingerprint density at radius 1 is 1.09 bits per heavy atom. The highest BCUT2D eigenvalue weighted by Crippen LogP contribution is 2.43. The predicted molar refractivity (Wildman–Crippen MR) is 84.7 cm³/mol. The van der Waals surface area contributed by atoms with Crippen molar-refractivity contribution in [2.24, 2.45) is 17.8 Å². The van der Waals surface area contributed by atoms with Gasteiger partial charge in [-0.25, -0.2) is 0 Å². The van der Waals surface area contributed by atoms with Gasteiger partial charge in [-0.1, -0.05) is 12.2 Å². The minimum Gasteiger partial charge on any atom is -0.467 e. The van der Waals surface area contributed by atoms with E-state index in [1.165, 1.54) is 12.8 Å². The topological polar surface area (TPSA) is 71.3 Å². The van der Waals surface area contributed by atoms with Crippen LogP contribution < -0.4 is 21.5 Å². The van der Waals surface area contributed by atoms with Gasteiger partial charge in [0.05, 0.1) is 12.8 Å². The van der Waals surface area contributed by atoms with Crippen molar-refractivity contribution in [3.8, 4) is 0 Å². The van der Waals surface area contributed by atoms with E-state index in [0.29, 0.717) is 35.7 Å². The molecule has 1 aromatic heterocycles. The molecule has 2 aliphatic carbocycles. The first-order valence-electron chi connectivity index (χ1n) is 7.74. The standard InChI is InChI=1S/C17H18N2O3/c20-16-14(18-8-12-7-10-3-4-11(12)6-10)15(17(16)21)19-9-13-2-1-5-22-13/h1-5,10-12,18-19H,6-9H2/t10-,11+,12+/m1/s1. The molecule has 2 bridgehead atoms.